The third-order valence-electron chi connectivity index (χ3n) is 3.35. The summed E-state index contributed by atoms with van der Waals surface area (Å²) in [5, 5.41) is 0.321. The van der Waals surface area contributed by atoms with E-state index in [1.807, 2.05) is 0 Å². The first kappa shape index (κ1) is 19.5. The normalized spacial score (nSPS) is 11.8. The molecule has 0 radical (unpaired) electrons. The van der Waals surface area contributed by atoms with Crippen molar-refractivity contribution in [3.05, 3.63) is 58.1 Å². The number of ether oxygens (including phenoxy) is 1. The highest BCUT2D eigenvalue weighted by atomic mass is 35.5. The molecule has 0 aromatic heterocycles. The van der Waals surface area contributed by atoms with Crippen LogP contribution in [0, 0.1) is 23.3 Å². The van der Waals surface area contributed by atoms with E-state index in [0.29, 0.717) is 14.9 Å². The Balaban J connectivity index is 2.53. The molecular weight excluding hydrogens is 386 g/mol. The first-order valence-electron chi connectivity index (χ1n) is 6.72. The van der Waals surface area contributed by atoms with Gasteiger partial charge in [-0.1, -0.05) is 23.7 Å². The number of sulfonamides is 1. The third-order valence-corrected chi connectivity index (χ3v) is 5.41. The van der Waals surface area contributed by atoms with Crippen molar-refractivity contribution in [2.75, 3.05) is 14.2 Å². The van der Waals surface area contributed by atoms with E-state index in [-0.39, 0.29) is 6.54 Å². The average Bonchev–Trinajstić information content (AvgIpc) is 2.53. The van der Waals surface area contributed by atoms with Crippen LogP contribution in [0.3, 0.4) is 0 Å². The number of halogens is 5. The van der Waals surface area contributed by atoms with Crippen LogP contribution in [0.4, 0.5) is 17.6 Å². The lowest BCUT2D eigenvalue weighted by Crippen LogP contribution is -2.29. The summed E-state index contributed by atoms with van der Waals surface area (Å²) in [6.45, 7) is -0.322. The minimum Gasteiger partial charge on any atom is -0.491 e. The number of rotatable bonds is 5. The van der Waals surface area contributed by atoms with Crippen molar-refractivity contribution in [3.8, 4) is 5.75 Å². The van der Waals surface area contributed by atoms with Gasteiger partial charge in [-0.3, -0.25) is 0 Å². The van der Waals surface area contributed by atoms with Crippen molar-refractivity contribution in [2.24, 2.45) is 0 Å². The third kappa shape index (κ3) is 3.58. The first-order valence-corrected chi connectivity index (χ1v) is 8.53. The molecule has 0 aliphatic heterocycles. The predicted octanol–water partition coefficient (Wildman–Crippen LogP) is 3.73. The first-order chi connectivity index (χ1) is 11.6. The van der Waals surface area contributed by atoms with Gasteiger partial charge in [0.25, 0.3) is 0 Å². The topological polar surface area (TPSA) is 46.6 Å². The van der Waals surface area contributed by atoms with Crippen molar-refractivity contribution in [2.45, 2.75) is 11.4 Å². The Morgan fingerprint density at radius 2 is 1.64 bits per heavy atom. The summed E-state index contributed by atoms with van der Waals surface area (Å²) in [5.74, 6) is -9.33. The molecule has 0 amide bonds. The predicted molar refractivity (Wildman–Crippen MR) is 82.9 cm³/mol. The molecule has 0 saturated carbocycles. The van der Waals surface area contributed by atoms with Gasteiger partial charge < -0.3 is 4.74 Å². The van der Waals surface area contributed by atoms with Gasteiger partial charge in [-0.2, -0.15) is 13.1 Å². The molecule has 0 unspecified atom stereocenters. The summed E-state index contributed by atoms with van der Waals surface area (Å²) in [6, 6.07) is 6.06. The van der Waals surface area contributed by atoms with Crippen LogP contribution < -0.4 is 4.74 Å². The maximum absolute atomic E-state index is 14.1. The van der Waals surface area contributed by atoms with E-state index in [0.717, 1.165) is 14.2 Å². The summed E-state index contributed by atoms with van der Waals surface area (Å²) < 4.78 is 85.2. The summed E-state index contributed by atoms with van der Waals surface area (Å²) >= 11 is 5.78. The quantitative estimate of drug-likeness (QED) is 0.570. The number of hydrogen-bond acceptors (Lipinski definition) is 3. The van der Waals surface area contributed by atoms with Crippen LogP contribution in [-0.2, 0) is 16.6 Å². The van der Waals surface area contributed by atoms with Gasteiger partial charge in [-0.05, 0) is 17.7 Å². The fraction of sp³-hybridized carbons (Fsp3) is 0.200. The average molecular weight is 398 g/mol. The lowest BCUT2D eigenvalue weighted by molar-refractivity contribution is 0.320. The van der Waals surface area contributed by atoms with Crippen molar-refractivity contribution in [3.63, 3.8) is 0 Å². The minimum absolute atomic E-state index is 0.321. The second-order valence-corrected chi connectivity index (χ2v) is 7.43. The molecule has 2 rings (SSSR count). The molecule has 0 N–H and O–H groups in total. The van der Waals surface area contributed by atoms with Crippen molar-refractivity contribution in [1.29, 1.82) is 0 Å². The molecule has 0 atom stereocenters. The molecule has 4 nitrogen and oxygen atoms in total. The zero-order chi connectivity index (χ0) is 18.9. The van der Waals surface area contributed by atoms with Gasteiger partial charge in [0.15, 0.2) is 22.3 Å². The Morgan fingerprint density at radius 1 is 1.08 bits per heavy atom. The van der Waals surface area contributed by atoms with Gasteiger partial charge in [0.05, 0.1) is 7.11 Å². The van der Waals surface area contributed by atoms with Gasteiger partial charge >= 0.3 is 0 Å². The Kier molecular flexibility index (Phi) is 5.60. The van der Waals surface area contributed by atoms with Crippen LogP contribution in [0.5, 0.6) is 5.75 Å². The number of methoxy groups -OCH3 is 1. The zero-order valence-corrected chi connectivity index (χ0v) is 14.6. The monoisotopic (exact) mass is 397 g/mol. The van der Waals surface area contributed by atoms with E-state index in [1.165, 1.54) is 12.1 Å². The summed E-state index contributed by atoms with van der Waals surface area (Å²) in [5.41, 5.74) is 0.411. The van der Waals surface area contributed by atoms with Gasteiger partial charge in [0.2, 0.25) is 21.7 Å². The second-order valence-electron chi connectivity index (χ2n) is 5.01. The Bertz CT molecular complexity index is 892. The van der Waals surface area contributed by atoms with Gasteiger partial charge in [0.1, 0.15) is 0 Å². The molecule has 25 heavy (non-hydrogen) atoms. The van der Waals surface area contributed by atoms with E-state index in [1.54, 1.807) is 12.1 Å². The molecule has 0 fully saturated rings. The number of nitrogens with zero attached hydrogens (tertiary/aromatic N) is 1. The number of hydrogen-bond donors (Lipinski definition) is 0. The van der Waals surface area contributed by atoms with Crippen LogP contribution in [-0.4, -0.2) is 26.9 Å². The zero-order valence-electron chi connectivity index (χ0n) is 13.0. The summed E-state index contributed by atoms with van der Waals surface area (Å²) in [4.78, 5) is -1.73. The standard InChI is InChI=1S/C15H12ClF4NO3S/c1-21(7-8-4-3-5-9(16)6-8)25(22,23)15-12(19)10(17)14(24-2)11(18)13(15)20/h3-6H,7H2,1-2H3. The lowest BCUT2D eigenvalue weighted by Gasteiger charge is -2.19. The van der Waals surface area contributed by atoms with E-state index >= 15 is 0 Å². The van der Waals surface area contributed by atoms with E-state index < -0.39 is 43.9 Å². The fourth-order valence-electron chi connectivity index (χ4n) is 2.13. The van der Waals surface area contributed by atoms with Crippen LogP contribution in [0.15, 0.2) is 29.2 Å². The number of benzene rings is 2. The second kappa shape index (κ2) is 7.19. The smallest absolute Gasteiger partial charge is 0.249 e. The molecule has 10 heteroatoms. The molecule has 0 heterocycles. The fourth-order valence-corrected chi connectivity index (χ4v) is 3.61. The largest absolute Gasteiger partial charge is 0.491 e. The molecule has 2 aromatic rings. The van der Waals surface area contributed by atoms with Crippen LogP contribution in [0.1, 0.15) is 5.56 Å². The maximum atomic E-state index is 14.1. The maximum Gasteiger partial charge on any atom is 0.249 e. The minimum atomic E-state index is -4.88. The van der Waals surface area contributed by atoms with Crippen molar-refractivity contribution < 1.29 is 30.7 Å². The van der Waals surface area contributed by atoms with Crippen LogP contribution in [0.25, 0.3) is 0 Å². The highest BCUT2D eigenvalue weighted by Gasteiger charge is 2.36. The molecule has 0 aliphatic rings. The van der Waals surface area contributed by atoms with Gasteiger partial charge in [-0.15, -0.1) is 0 Å². The van der Waals surface area contributed by atoms with Gasteiger partial charge in [0, 0.05) is 18.6 Å². The molecule has 0 saturated heterocycles. The molecule has 0 aliphatic carbocycles. The van der Waals surface area contributed by atoms with Crippen molar-refractivity contribution in [1.82, 2.24) is 4.31 Å². The highest BCUT2D eigenvalue weighted by molar-refractivity contribution is 7.89. The van der Waals surface area contributed by atoms with E-state index in [2.05, 4.69) is 4.74 Å². The summed E-state index contributed by atoms with van der Waals surface area (Å²) in [6.07, 6.45) is 0. The van der Waals surface area contributed by atoms with Crippen LogP contribution >= 0.6 is 11.6 Å². The molecule has 136 valence electrons. The van der Waals surface area contributed by atoms with Crippen molar-refractivity contribution >= 4 is 21.6 Å². The Labute approximate surface area is 146 Å². The molecule has 0 spiro atoms. The molecular formula is C15H12ClF4NO3S. The molecule has 2 aromatic carbocycles. The van der Waals surface area contributed by atoms with E-state index in [9.17, 15) is 26.0 Å². The van der Waals surface area contributed by atoms with Crippen LogP contribution in [0.2, 0.25) is 5.02 Å². The lowest BCUT2D eigenvalue weighted by atomic mass is 10.2. The SMILES string of the molecule is COc1c(F)c(F)c(S(=O)(=O)N(C)Cc2cccc(Cl)c2)c(F)c1F. The van der Waals surface area contributed by atoms with E-state index in [4.69, 9.17) is 11.6 Å². The Morgan fingerprint density at radius 3 is 2.12 bits per heavy atom. The summed E-state index contributed by atoms with van der Waals surface area (Å²) in [7, 11) is -3.08. The van der Waals surface area contributed by atoms with Gasteiger partial charge in [-0.25, -0.2) is 17.2 Å². The Hall–Kier alpha value is -1.84. The highest BCUT2D eigenvalue weighted by Crippen LogP contribution is 2.33. The molecule has 0 bridgehead atoms.